The Kier molecular flexibility index (Phi) is 8.08. The van der Waals surface area contributed by atoms with Crippen LogP contribution in [0.5, 0.6) is 0 Å². The molecule has 44 heavy (non-hydrogen) atoms. The zero-order valence-corrected chi connectivity index (χ0v) is 24.2. The van der Waals surface area contributed by atoms with E-state index in [1.165, 1.54) is 13.8 Å². The van der Waals surface area contributed by atoms with Gasteiger partial charge >= 0.3 is 5.97 Å². The number of esters is 1. The molecule has 0 saturated carbocycles. The van der Waals surface area contributed by atoms with E-state index in [2.05, 4.69) is 30.7 Å². The summed E-state index contributed by atoms with van der Waals surface area (Å²) in [6.45, 7) is 3.79. The van der Waals surface area contributed by atoms with Crippen LogP contribution in [-0.2, 0) is 20.9 Å². The molecule has 1 fully saturated rings. The van der Waals surface area contributed by atoms with E-state index in [1.807, 2.05) is 30.3 Å². The summed E-state index contributed by atoms with van der Waals surface area (Å²) in [5.74, 6) is 0.0578. The zero-order valence-electron chi connectivity index (χ0n) is 24.2. The number of carbonyl (C=O) groups is 3. The highest BCUT2D eigenvalue weighted by Gasteiger charge is 2.33. The number of anilines is 1. The molecule has 1 aliphatic heterocycles. The smallest absolute Gasteiger partial charge is 0.303 e. The minimum atomic E-state index is -0.413. The Morgan fingerprint density at radius 1 is 1.05 bits per heavy atom. The molecule has 224 valence electrons. The van der Waals surface area contributed by atoms with E-state index in [9.17, 15) is 14.4 Å². The summed E-state index contributed by atoms with van der Waals surface area (Å²) >= 11 is 0. The normalized spacial score (nSPS) is 14.4. The molecule has 3 aromatic heterocycles. The van der Waals surface area contributed by atoms with Gasteiger partial charge in [-0.05, 0) is 59.9 Å². The standard InChI is InChI=1S/C31H30N8O5/c1-19(40)33-24-8-9-27-25(17-24)34-30(44-27)23-10-13-32-26(16-23)31(42)38-14-11-22(12-15-38)29(21-6-4-3-5-7-21)39-36-28(35-37-39)18-43-20(2)41/h3-10,13,16-17,22,29H,11-12,14-15,18H2,1-2H3,(H,33,40). The molecule has 1 unspecified atom stereocenters. The first-order valence-electron chi connectivity index (χ1n) is 14.2. The first-order valence-corrected chi connectivity index (χ1v) is 14.2. The van der Waals surface area contributed by atoms with Crippen LogP contribution in [0.25, 0.3) is 22.6 Å². The van der Waals surface area contributed by atoms with Gasteiger partial charge in [-0.2, -0.15) is 4.80 Å². The van der Waals surface area contributed by atoms with Crippen LogP contribution in [0, 0.1) is 5.92 Å². The number of aromatic nitrogens is 6. The summed E-state index contributed by atoms with van der Waals surface area (Å²) in [5, 5.41) is 15.6. The van der Waals surface area contributed by atoms with Crippen molar-refractivity contribution in [2.45, 2.75) is 39.3 Å². The maximum Gasteiger partial charge on any atom is 0.303 e. The first-order chi connectivity index (χ1) is 21.3. The minimum Gasteiger partial charge on any atom is -0.457 e. The summed E-state index contributed by atoms with van der Waals surface area (Å²) in [4.78, 5) is 48.5. The summed E-state index contributed by atoms with van der Waals surface area (Å²) < 4.78 is 11.0. The fourth-order valence-corrected chi connectivity index (χ4v) is 5.43. The number of benzene rings is 2. The fraction of sp³-hybridized carbons (Fsp3) is 0.290. The Bertz CT molecular complexity index is 1810. The van der Waals surface area contributed by atoms with Crippen LogP contribution in [0.15, 0.2) is 71.3 Å². The van der Waals surface area contributed by atoms with Crippen molar-refractivity contribution < 1.29 is 23.5 Å². The Hall–Kier alpha value is -5.46. The van der Waals surface area contributed by atoms with E-state index in [4.69, 9.17) is 9.15 Å². The fourth-order valence-electron chi connectivity index (χ4n) is 5.43. The molecule has 0 bridgehead atoms. The van der Waals surface area contributed by atoms with Crippen molar-refractivity contribution in [3.05, 3.63) is 83.9 Å². The largest absolute Gasteiger partial charge is 0.457 e. The predicted molar refractivity (Wildman–Crippen MR) is 158 cm³/mol. The molecule has 0 radical (unpaired) electrons. The molecule has 4 heterocycles. The molecule has 1 saturated heterocycles. The van der Waals surface area contributed by atoms with Crippen LogP contribution < -0.4 is 5.32 Å². The number of hydrogen-bond donors (Lipinski definition) is 1. The van der Waals surface area contributed by atoms with Crippen LogP contribution in [-0.4, -0.2) is 65.9 Å². The van der Waals surface area contributed by atoms with Gasteiger partial charge in [0.15, 0.2) is 12.2 Å². The molecule has 0 spiro atoms. The van der Waals surface area contributed by atoms with E-state index in [-0.39, 0.29) is 30.4 Å². The van der Waals surface area contributed by atoms with Crippen molar-refractivity contribution >= 4 is 34.6 Å². The number of tetrazole rings is 1. The van der Waals surface area contributed by atoms with E-state index >= 15 is 0 Å². The number of amides is 2. The van der Waals surface area contributed by atoms with Gasteiger partial charge in [-0.1, -0.05) is 30.3 Å². The Morgan fingerprint density at radius 2 is 1.84 bits per heavy atom. The van der Waals surface area contributed by atoms with Gasteiger partial charge < -0.3 is 19.4 Å². The van der Waals surface area contributed by atoms with Gasteiger partial charge in [-0.3, -0.25) is 19.4 Å². The van der Waals surface area contributed by atoms with Gasteiger partial charge in [-0.15, -0.1) is 10.2 Å². The zero-order chi connectivity index (χ0) is 30.6. The SMILES string of the molecule is CC(=O)Nc1ccc2oc(-c3ccnc(C(=O)N4CCC(C(c5ccccc5)n5nnc(COC(C)=O)n5)CC4)c3)nc2c1. The average molecular weight is 595 g/mol. The first kappa shape index (κ1) is 28.6. The summed E-state index contributed by atoms with van der Waals surface area (Å²) in [5.41, 5.74) is 3.73. The second-order valence-corrected chi connectivity index (χ2v) is 10.6. The van der Waals surface area contributed by atoms with E-state index < -0.39 is 5.97 Å². The lowest BCUT2D eigenvalue weighted by atomic mass is 9.85. The Morgan fingerprint density at radius 3 is 2.59 bits per heavy atom. The van der Waals surface area contributed by atoms with Gasteiger partial charge in [0, 0.05) is 44.4 Å². The van der Waals surface area contributed by atoms with Gasteiger partial charge in [0.1, 0.15) is 17.3 Å². The van der Waals surface area contributed by atoms with Crippen LogP contribution in [0.2, 0.25) is 0 Å². The lowest BCUT2D eigenvalue weighted by Gasteiger charge is -2.35. The highest BCUT2D eigenvalue weighted by Crippen LogP contribution is 2.34. The van der Waals surface area contributed by atoms with Gasteiger partial charge in [0.05, 0.1) is 0 Å². The number of carbonyl (C=O) groups excluding carboxylic acids is 3. The van der Waals surface area contributed by atoms with Crippen molar-refractivity contribution in [3.63, 3.8) is 0 Å². The van der Waals surface area contributed by atoms with Gasteiger partial charge in [-0.25, -0.2) is 4.98 Å². The Balaban J connectivity index is 1.16. The number of hydrogen-bond acceptors (Lipinski definition) is 10. The second kappa shape index (κ2) is 12.4. The molecule has 5 aromatic rings. The number of likely N-dealkylation sites (tertiary alicyclic amines) is 1. The monoisotopic (exact) mass is 594 g/mol. The number of piperidine rings is 1. The van der Waals surface area contributed by atoms with E-state index in [0.29, 0.717) is 65.7 Å². The van der Waals surface area contributed by atoms with Gasteiger partial charge in [0.2, 0.25) is 17.6 Å². The van der Waals surface area contributed by atoms with Gasteiger partial charge in [0.25, 0.3) is 5.91 Å². The third kappa shape index (κ3) is 6.31. The molecule has 13 heteroatoms. The quantitative estimate of drug-likeness (QED) is 0.260. The summed E-state index contributed by atoms with van der Waals surface area (Å²) in [7, 11) is 0. The molecular weight excluding hydrogens is 564 g/mol. The molecule has 2 amide bonds. The summed E-state index contributed by atoms with van der Waals surface area (Å²) in [6.07, 6.45) is 3.00. The number of fused-ring (bicyclic) bond motifs is 1. The molecule has 1 N–H and O–H groups in total. The van der Waals surface area contributed by atoms with Crippen molar-refractivity contribution in [1.82, 2.24) is 35.1 Å². The topological polar surface area (TPSA) is 158 Å². The van der Waals surface area contributed by atoms with Crippen LogP contribution in [0.1, 0.15) is 54.6 Å². The number of pyridine rings is 1. The van der Waals surface area contributed by atoms with Crippen molar-refractivity contribution in [2.75, 3.05) is 18.4 Å². The van der Waals surface area contributed by atoms with Crippen LogP contribution >= 0.6 is 0 Å². The van der Waals surface area contributed by atoms with Crippen molar-refractivity contribution in [2.24, 2.45) is 5.92 Å². The van der Waals surface area contributed by atoms with Crippen LogP contribution in [0.3, 0.4) is 0 Å². The predicted octanol–water partition coefficient (Wildman–Crippen LogP) is 4.04. The van der Waals surface area contributed by atoms with Crippen molar-refractivity contribution in [1.29, 1.82) is 0 Å². The van der Waals surface area contributed by atoms with Crippen molar-refractivity contribution in [3.8, 4) is 11.5 Å². The maximum atomic E-state index is 13.5. The lowest BCUT2D eigenvalue weighted by Crippen LogP contribution is -2.41. The van der Waals surface area contributed by atoms with E-state index in [1.54, 1.807) is 46.2 Å². The number of nitrogens with one attached hydrogen (secondary N) is 1. The number of ether oxygens (including phenoxy) is 1. The molecule has 6 rings (SSSR count). The lowest BCUT2D eigenvalue weighted by molar-refractivity contribution is -0.142. The summed E-state index contributed by atoms with van der Waals surface area (Å²) in [6, 6.07) is 18.4. The number of nitrogens with zero attached hydrogens (tertiary/aromatic N) is 7. The number of rotatable bonds is 8. The third-order valence-electron chi connectivity index (χ3n) is 7.47. The molecule has 1 aliphatic rings. The maximum absolute atomic E-state index is 13.5. The highest BCUT2D eigenvalue weighted by molar-refractivity contribution is 5.94. The molecule has 2 aromatic carbocycles. The molecule has 1 atom stereocenters. The molecular formula is C31H30N8O5. The Labute approximate surface area is 252 Å². The molecule has 0 aliphatic carbocycles. The van der Waals surface area contributed by atoms with Crippen LogP contribution in [0.4, 0.5) is 5.69 Å². The molecule has 13 nitrogen and oxygen atoms in total. The minimum absolute atomic E-state index is 0.0441. The second-order valence-electron chi connectivity index (χ2n) is 10.6. The third-order valence-corrected chi connectivity index (χ3v) is 7.47. The average Bonchev–Trinajstić information content (AvgIpc) is 3.68. The highest BCUT2D eigenvalue weighted by atomic mass is 16.5. The number of oxazole rings is 1. The van der Waals surface area contributed by atoms with E-state index in [0.717, 1.165) is 5.56 Å².